The molecule has 1 amide bonds. The standard InChI is InChI=1S/C19H12Cl2N4O4S2/c20-14-5-4-13(7-15(14)21)31(28,29)16-9-23-19(25-18(16)27)30-10-17(26)24-12-3-1-2-11(6-12)8-22/h1-7,9H,10H2,(H,24,26)(H,23,25,27). The van der Waals surface area contributed by atoms with Crippen molar-refractivity contribution in [3.05, 3.63) is 74.6 Å². The fraction of sp³-hybridized carbons (Fsp3) is 0.0526. The SMILES string of the molecule is N#Cc1cccc(NC(=O)CSc2ncc(S(=O)(=O)c3ccc(Cl)c(Cl)c3)c(=O)[nH]2)c1. The van der Waals surface area contributed by atoms with E-state index in [4.69, 9.17) is 28.5 Å². The number of nitriles is 1. The van der Waals surface area contributed by atoms with E-state index in [1.54, 1.807) is 18.2 Å². The van der Waals surface area contributed by atoms with Crippen LogP contribution in [-0.4, -0.2) is 30.0 Å². The molecule has 0 aliphatic rings. The highest BCUT2D eigenvalue weighted by molar-refractivity contribution is 7.99. The van der Waals surface area contributed by atoms with Gasteiger partial charge in [0, 0.05) is 5.69 Å². The molecule has 31 heavy (non-hydrogen) atoms. The van der Waals surface area contributed by atoms with Gasteiger partial charge >= 0.3 is 0 Å². The number of benzene rings is 2. The van der Waals surface area contributed by atoms with Gasteiger partial charge in [-0.1, -0.05) is 41.0 Å². The van der Waals surface area contributed by atoms with Crippen molar-refractivity contribution in [2.75, 3.05) is 11.1 Å². The molecule has 2 aromatic carbocycles. The zero-order chi connectivity index (χ0) is 22.6. The Morgan fingerprint density at radius 2 is 1.97 bits per heavy atom. The molecule has 12 heteroatoms. The van der Waals surface area contributed by atoms with Crippen LogP contribution in [0.5, 0.6) is 0 Å². The third-order valence-corrected chi connectivity index (χ3v) is 7.22. The highest BCUT2D eigenvalue weighted by Crippen LogP contribution is 2.27. The van der Waals surface area contributed by atoms with Crippen molar-refractivity contribution in [2.24, 2.45) is 0 Å². The maximum atomic E-state index is 12.7. The van der Waals surface area contributed by atoms with Gasteiger partial charge in [0.2, 0.25) is 15.7 Å². The quantitative estimate of drug-likeness (QED) is 0.395. The fourth-order valence-electron chi connectivity index (χ4n) is 2.40. The van der Waals surface area contributed by atoms with Gasteiger partial charge < -0.3 is 10.3 Å². The second kappa shape index (κ2) is 9.53. The van der Waals surface area contributed by atoms with Gasteiger partial charge in [0.05, 0.1) is 38.5 Å². The van der Waals surface area contributed by atoms with Crippen LogP contribution in [0, 0.1) is 11.3 Å². The van der Waals surface area contributed by atoms with Crippen LogP contribution in [0.2, 0.25) is 10.0 Å². The van der Waals surface area contributed by atoms with Crippen LogP contribution < -0.4 is 10.9 Å². The largest absolute Gasteiger partial charge is 0.325 e. The Bertz CT molecular complexity index is 1370. The summed E-state index contributed by atoms with van der Waals surface area (Å²) in [7, 11) is -4.17. The van der Waals surface area contributed by atoms with Gasteiger partial charge in [0.1, 0.15) is 0 Å². The smallest absolute Gasteiger partial charge is 0.270 e. The van der Waals surface area contributed by atoms with E-state index >= 15 is 0 Å². The summed E-state index contributed by atoms with van der Waals surface area (Å²) in [4.78, 5) is 29.9. The molecule has 0 spiro atoms. The maximum absolute atomic E-state index is 12.7. The Kier molecular flexibility index (Phi) is 7.02. The first-order valence-corrected chi connectivity index (χ1v) is 11.7. The molecule has 1 heterocycles. The van der Waals surface area contributed by atoms with E-state index < -0.39 is 26.2 Å². The molecule has 0 bridgehead atoms. The van der Waals surface area contributed by atoms with E-state index in [9.17, 15) is 18.0 Å². The van der Waals surface area contributed by atoms with E-state index in [1.807, 2.05) is 6.07 Å². The lowest BCUT2D eigenvalue weighted by Crippen LogP contribution is -2.20. The zero-order valence-corrected chi connectivity index (χ0v) is 18.6. The topological polar surface area (TPSA) is 133 Å². The number of anilines is 1. The first kappa shape index (κ1) is 22.8. The second-order valence-corrected chi connectivity index (χ2v) is 9.69. The number of sulfone groups is 1. The van der Waals surface area contributed by atoms with Crippen LogP contribution in [-0.2, 0) is 14.6 Å². The molecule has 0 fully saturated rings. The number of nitrogens with zero attached hydrogens (tertiary/aromatic N) is 2. The van der Waals surface area contributed by atoms with Crippen molar-refractivity contribution in [3.8, 4) is 6.07 Å². The number of rotatable bonds is 6. The number of H-pyrrole nitrogens is 1. The fourth-order valence-corrected chi connectivity index (χ4v) is 4.66. The van der Waals surface area contributed by atoms with Crippen LogP contribution in [0.4, 0.5) is 5.69 Å². The molecule has 8 nitrogen and oxygen atoms in total. The summed E-state index contributed by atoms with van der Waals surface area (Å²) < 4.78 is 25.4. The Balaban J connectivity index is 1.72. The van der Waals surface area contributed by atoms with Gasteiger partial charge in [-0.2, -0.15) is 5.26 Å². The average molecular weight is 495 g/mol. The van der Waals surface area contributed by atoms with Gasteiger partial charge in [0.15, 0.2) is 10.1 Å². The molecular weight excluding hydrogens is 483 g/mol. The Morgan fingerprint density at radius 1 is 1.19 bits per heavy atom. The number of nitrogens with one attached hydrogen (secondary N) is 2. The molecule has 0 aliphatic heterocycles. The van der Waals surface area contributed by atoms with E-state index in [-0.39, 0.29) is 25.9 Å². The van der Waals surface area contributed by atoms with Crippen molar-refractivity contribution in [1.29, 1.82) is 5.26 Å². The molecule has 2 N–H and O–H groups in total. The van der Waals surface area contributed by atoms with Crippen LogP contribution in [0.3, 0.4) is 0 Å². The molecule has 0 atom stereocenters. The first-order valence-electron chi connectivity index (χ1n) is 8.43. The zero-order valence-electron chi connectivity index (χ0n) is 15.4. The highest BCUT2D eigenvalue weighted by Gasteiger charge is 2.23. The number of hydrogen-bond acceptors (Lipinski definition) is 7. The lowest BCUT2D eigenvalue weighted by Gasteiger charge is -2.07. The van der Waals surface area contributed by atoms with Crippen LogP contribution in [0.25, 0.3) is 0 Å². The number of thioether (sulfide) groups is 1. The van der Waals surface area contributed by atoms with Crippen molar-refractivity contribution in [3.63, 3.8) is 0 Å². The molecule has 3 rings (SSSR count). The summed E-state index contributed by atoms with van der Waals surface area (Å²) in [6.45, 7) is 0. The van der Waals surface area contributed by atoms with Crippen molar-refractivity contribution in [1.82, 2.24) is 9.97 Å². The van der Waals surface area contributed by atoms with Crippen molar-refractivity contribution < 1.29 is 13.2 Å². The third-order valence-electron chi connectivity index (χ3n) is 3.85. The lowest BCUT2D eigenvalue weighted by molar-refractivity contribution is -0.113. The number of hydrogen-bond donors (Lipinski definition) is 2. The highest BCUT2D eigenvalue weighted by atomic mass is 35.5. The molecular formula is C19H12Cl2N4O4S2. The molecule has 1 aromatic heterocycles. The summed E-state index contributed by atoms with van der Waals surface area (Å²) in [6.07, 6.45) is 0.924. The van der Waals surface area contributed by atoms with Gasteiger partial charge in [-0.05, 0) is 36.4 Å². The number of halogens is 2. The number of carbonyl (C=O) groups excluding carboxylic acids is 1. The molecule has 0 unspecified atom stereocenters. The van der Waals surface area contributed by atoms with Crippen LogP contribution in [0.1, 0.15) is 5.56 Å². The number of aromatic amines is 1. The summed E-state index contributed by atoms with van der Waals surface area (Å²) in [5.41, 5.74) is -0.0323. The van der Waals surface area contributed by atoms with Crippen molar-refractivity contribution >= 4 is 56.4 Å². The van der Waals surface area contributed by atoms with E-state index in [0.717, 1.165) is 24.0 Å². The monoisotopic (exact) mass is 494 g/mol. The lowest BCUT2D eigenvalue weighted by atomic mass is 10.2. The maximum Gasteiger partial charge on any atom is 0.270 e. The summed E-state index contributed by atoms with van der Waals surface area (Å²) in [5.74, 6) is -0.492. The van der Waals surface area contributed by atoms with Crippen LogP contribution >= 0.6 is 35.0 Å². The third kappa shape index (κ3) is 5.45. The minimum absolute atomic E-state index is 0.0330. The number of carbonyl (C=O) groups is 1. The summed E-state index contributed by atoms with van der Waals surface area (Å²) >= 11 is 12.6. The first-order chi connectivity index (χ1) is 14.7. The molecule has 0 radical (unpaired) electrons. The second-order valence-electron chi connectivity index (χ2n) is 5.99. The predicted octanol–water partition coefficient (Wildman–Crippen LogP) is 3.51. The minimum atomic E-state index is -4.17. The molecule has 3 aromatic rings. The van der Waals surface area contributed by atoms with Gasteiger partial charge in [-0.15, -0.1) is 0 Å². The number of aromatic nitrogens is 2. The Morgan fingerprint density at radius 3 is 2.65 bits per heavy atom. The van der Waals surface area contributed by atoms with Gasteiger partial charge in [-0.25, -0.2) is 13.4 Å². The Labute approximate surface area is 191 Å². The van der Waals surface area contributed by atoms with Crippen LogP contribution in [0.15, 0.2) is 68.4 Å². The van der Waals surface area contributed by atoms with Crippen molar-refractivity contribution in [2.45, 2.75) is 14.9 Å². The van der Waals surface area contributed by atoms with Gasteiger partial charge in [0.25, 0.3) is 5.56 Å². The van der Waals surface area contributed by atoms with Gasteiger partial charge in [-0.3, -0.25) is 9.59 Å². The normalized spacial score (nSPS) is 11.0. The molecule has 0 saturated heterocycles. The van der Waals surface area contributed by atoms with E-state index in [0.29, 0.717) is 11.3 Å². The molecule has 0 aliphatic carbocycles. The predicted molar refractivity (Wildman–Crippen MR) is 117 cm³/mol. The summed E-state index contributed by atoms with van der Waals surface area (Å²) in [6, 6.07) is 12.0. The average Bonchev–Trinajstić information content (AvgIpc) is 2.74. The minimum Gasteiger partial charge on any atom is -0.325 e. The Hall–Kier alpha value is -2.84. The molecule has 0 saturated carbocycles. The van der Waals surface area contributed by atoms with E-state index in [2.05, 4.69) is 15.3 Å². The summed E-state index contributed by atoms with van der Waals surface area (Å²) in [5, 5.41) is 11.8. The van der Waals surface area contributed by atoms with E-state index in [1.165, 1.54) is 18.2 Å². The number of amides is 1. The molecule has 158 valence electrons.